The van der Waals surface area contributed by atoms with Crippen LogP contribution in [0.3, 0.4) is 0 Å². The van der Waals surface area contributed by atoms with Crippen molar-refractivity contribution in [2.45, 2.75) is 25.8 Å². The number of rotatable bonds is 5. The van der Waals surface area contributed by atoms with Gasteiger partial charge in [0.2, 0.25) is 5.91 Å². The molecule has 0 aliphatic heterocycles. The quantitative estimate of drug-likeness (QED) is 0.729. The lowest BCUT2D eigenvalue weighted by atomic mass is 10.1. The molecule has 2 aromatic heterocycles. The number of nitrogens with zero attached hydrogens (tertiary/aromatic N) is 3. The summed E-state index contributed by atoms with van der Waals surface area (Å²) in [6.07, 6.45) is 3.07. The zero-order valence-electron chi connectivity index (χ0n) is 14.4. The predicted octanol–water partition coefficient (Wildman–Crippen LogP) is 3.79. The Bertz CT molecular complexity index is 981. The normalized spacial score (nSPS) is 13.1. The number of amides is 1. The number of anilines is 1. The summed E-state index contributed by atoms with van der Waals surface area (Å²) in [5, 5.41) is 14.0. The van der Waals surface area contributed by atoms with Gasteiger partial charge in [-0.3, -0.25) is 9.69 Å². The first-order valence-electron chi connectivity index (χ1n) is 8.51. The van der Waals surface area contributed by atoms with Crippen molar-refractivity contribution in [3.05, 3.63) is 45.3 Å². The molecule has 0 saturated heterocycles. The summed E-state index contributed by atoms with van der Waals surface area (Å²) in [4.78, 5) is 20.2. The molecule has 0 fully saturated rings. The zero-order chi connectivity index (χ0) is 18.1. The summed E-state index contributed by atoms with van der Waals surface area (Å²) >= 11 is 3.21. The highest BCUT2D eigenvalue weighted by atomic mass is 32.1. The predicted molar refractivity (Wildman–Crippen MR) is 106 cm³/mol. The van der Waals surface area contributed by atoms with Crippen molar-refractivity contribution in [3.63, 3.8) is 0 Å². The molecular formula is C19H18N4OS2. The van der Waals surface area contributed by atoms with Gasteiger partial charge in [-0.15, -0.1) is 22.7 Å². The fourth-order valence-electron chi connectivity index (χ4n) is 3.30. The second-order valence-corrected chi connectivity index (χ2v) is 8.69. The van der Waals surface area contributed by atoms with Crippen molar-refractivity contribution < 1.29 is 4.79 Å². The van der Waals surface area contributed by atoms with E-state index in [4.69, 9.17) is 0 Å². The van der Waals surface area contributed by atoms with Crippen molar-refractivity contribution in [1.82, 2.24) is 9.88 Å². The van der Waals surface area contributed by atoms with E-state index < -0.39 is 0 Å². The summed E-state index contributed by atoms with van der Waals surface area (Å²) in [5.41, 5.74) is 2.79. The number of hydrogen-bond donors (Lipinski definition) is 1. The van der Waals surface area contributed by atoms with Crippen molar-refractivity contribution in [1.29, 1.82) is 5.26 Å². The first kappa shape index (κ1) is 17.2. The number of aryl methyl sites for hydroxylation is 1. The molecular weight excluding hydrogens is 364 g/mol. The van der Waals surface area contributed by atoms with E-state index in [0.29, 0.717) is 17.1 Å². The molecule has 0 unspecified atom stereocenters. The minimum absolute atomic E-state index is 0.0926. The van der Waals surface area contributed by atoms with Crippen molar-refractivity contribution in [2.24, 2.45) is 0 Å². The first-order chi connectivity index (χ1) is 12.6. The van der Waals surface area contributed by atoms with Crippen LogP contribution in [0.15, 0.2) is 24.3 Å². The van der Waals surface area contributed by atoms with Gasteiger partial charge in [0, 0.05) is 4.88 Å². The van der Waals surface area contributed by atoms with Crippen molar-refractivity contribution in [3.8, 4) is 6.07 Å². The molecule has 0 atom stereocenters. The Hall–Kier alpha value is -2.27. The molecule has 5 nitrogen and oxygen atoms in total. The van der Waals surface area contributed by atoms with Gasteiger partial charge < -0.3 is 5.32 Å². The number of thiazole rings is 1. The molecule has 1 aliphatic carbocycles. The third kappa shape index (κ3) is 3.36. The van der Waals surface area contributed by atoms with E-state index in [1.807, 2.05) is 30.1 Å². The molecule has 1 aliphatic rings. The van der Waals surface area contributed by atoms with Gasteiger partial charge in [0.1, 0.15) is 16.1 Å². The van der Waals surface area contributed by atoms with E-state index in [1.54, 1.807) is 22.7 Å². The number of nitrogens with one attached hydrogen (secondary N) is 1. The van der Waals surface area contributed by atoms with Crippen LogP contribution in [-0.4, -0.2) is 29.4 Å². The maximum absolute atomic E-state index is 12.4. The number of thiophene rings is 1. The smallest absolute Gasteiger partial charge is 0.239 e. The third-order valence-electron chi connectivity index (χ3n) is 4.44. The molecule has 7 heteroatoms. The Morgan fingerprint density at radius 1 is 1.35 bits per heavy atom. The summed E-state index contributed by atoms with van der Waals surface area (Å²) < 4.78 is 1.16. The van der Waals surface area contributed by atoms with E-state index >= 15 is 0 Å². The number of carbonyl (C=O) groups is 1. The van der Waals surface area contributed by atoms with Crippen LogP contribution in [0.4, 0.5) is 5.00 Å². The Kier molecular flexibility index (Phi) is 4.72. The molecule has 0 radical (unpaired) electrons. The van der Waals surface area contributed by atoms with Crippen LogP contribution in [0, 0.1) is 11.3 Å². The van der Waals surface area contributed by atoms with Crippen LogP contribution in [0.1, 0.15) is 27.4 Å². The summed E-state index contributed by atoms with van der Waals surface area (Å²) in [6, 6.07) is 10.3. The third-order valence-corrected chi connectivity index (χ3v) is 6.67. The maximum Gasteiger partial charge on any atom is 0.239 e. The van der Waals surface area contributed by atoms with Gasteiger partial charge in [-0.25, -0.2) is 4.98 Å². The molecule has 3 aromatic rings. The average Bonchev–Trinajstić information content (AvgIpc) is 3.27. The molecule has 132 valence electrons. The van der Waals surface area contributed by atoms with Crippen LogP contribution in [0.2, 0.25) is 0 Å². The Morgan fingerprint density at radius 2 is 2.19 bits per heavy atom. The van der Waals surface area contributed by atoms with Gasteiger partial charge in [-0.05, 0) is 44.0 Å². The van der Waals surface area contributed by atoms with Crippen molar-refractivity contribution in [2.75, 3.05) is 18.9 Å². The molecule has 26 heavy (non-hydrogen) atoms. The van der Waals surface area contributed by atoms with E-state index in [1.165, 1.54) is 4.88 Å². The molecule has 1 N–H and O–H groups in total. The van der Waals surface area contributed by atoms with Gasteiger partial charge in [0.05, 0.1) is 28.9 Å². The van der Waals surface area contributed by atoms with Gasteiger partial charge in [0.15, 0.2) is 0 Å². The Labute approximate surface area is 159 Å². The molecule has 4 rings (SSSR count). The Morgan fingerprint density at radius 3 is 3.00 bits per heavy atom. The minimum atomic E-state index is -0.0926. The number of hydrogen-bond acceptors (Lipinski definition) is 6. The van der Waals surface area contributed by atoms with E-state index in [-0.39, 0.29) is 12.5 Å². The zero-order valence-corrected chi connectivity index (χ0v) is 16.0. The maximum atomic E-state index is 12.4. The highest BCUT2D eigenvalue weighted by Crippen LogP contribution is 2.38. The minimum Gasteiger partial charge on any atom is -0.315 e. The molecule has 2 heterocycles. The highest BCUT2D eigenvalue weighted by Gasteiger charge is 2.23. The summed E-state index contributed by atoms with van der Waals surface area (Å²) in [6.45, 7) is 0.891. The average molecular weight is 383 g/mol. The van der Waals surface area contributed by atoms with E-state index in [0.717, 1.165) is 40.1 Å². The number of benzene rings is 1. The molecule has 0 spiro atoms. The number of likely N-dealkylation sites (N-methyl/N-ethyl adjacent to an activating group) is 1. The number of nitriles is 1. The lowest BCUT2D eigenvalue weighted by molar-refractivity contribution is -0.117. The number of para-hydroxylation sites is 1. The van der Waals surface area contributed by atoms with E-state index in [9.17, 15) is 10.1 Å². The second-order valence-electron chi connectivity index (χ2n) is 6.47. The second kappa shape index (κ2) is 7.16. The highest BCUT2D eigenvalue weighted by molar-refractivity contribution is 7.18. The largest absolute Gasteiger partial charge is 0.315 e. The summed E-state index contributed by atoms with van der Waals surface area (Å²) in [7, 11) is 1.91. The molecule has 1 amide bonds. The van der Waals surface area contributed by atoms with Gasteiger partial charge in [-0.2, -0.15) is 5.26 Å². The van der Waals surface area contributed by atoms with Crippen LogP contribution < -0.4 is 5.32 Å². The number of aromatic nitrogens is 1. The fraction of sp³-hybridized carbons (Fsp3) is 0.316. The standard InChI is InChI=1S/C19H18N4OS2/c1-23(11-18-21-14-6-2-3-7-16(14)25-18)10-17(24)22-19-13(9-20)12-5-4-8-15(12)26-19/h2-3,6-7H,4-5,8,10-11H2,1H3,(H,22,24). The Balaban J connectivity index is 1.39. The van der Waals surface area contributed by atoms with Crippen LogP contribution in [0.25, 0.3) is 10.2 Å². The van der Waals surface area contributed by atoms with Gasteiger partial charge >= 0.3 is 0 Å². The van der Waals surface area contributed by atoms with Crippen molar-refractivity contribution >= 4 is 43.8 Å². The lowest BCUT2D eigenvalue weighted by Crippen LogP contribution is -2.29. The first-order valence-corrected chi connectivity index (χ1v) is 10.1. The molecule has 1 aromatic carbocycles. The van der Waals surface area contributed by atoms with Gasteiger partial charge in [-0.1, -0.05) is 12.1 Å². The topological polar surface area (TPSA) is 69.0 Å². The summed E-state index contributed by atoms with van der Waals surface area (Å²) in [5.74, 6) is -0.0926. The van der Waals surface area contributed by atoms with E-state index in [2.05, 4.69) is 22.4 Å². The number of carbonyl (C=O) groups excluding carboxylic acids is 1. The fourth-order valence-corrected chi connectivity index (χ4v) is 5.60. The number of fused-ring (bicyclic) bond motifs is 2. The lowest BCUT2D eigenvalue weighted by Gasteiger charge is -2.14. The molecule has 0 bridgehead atoms. The van der Waals surface area contributed by atoms with Gasteiger partial charge in [0.25, 0.3) is 0 Å². The van der Waals surface area contributed by atoms with Crippen LogP contribution in [0.5, 0.6) is 0 Å². The SMILES string of the molecule is CN(CC(=O)Nc1sc2c(c1C#N)CCC2)Cc1nc2ccccc2s1. The van der Waals surface area contributed by atoms with Crippen LogP contribution in [-0.2, 0) is 24.2 Å². The molecule has 0 saturated carbocycles. The monoisotopic (exact) mass is 382 g/mol. The van der Waals surface area contributed by atoms with Crippen LogP contribution >= 0.6 is 22.7 Å².